The summed E-state index contributed by atoms with van der Waals surface area (Å²) < 4.78 is 40.7. The van der Waals surface area contributed by atoms with E-state index in [1.165, 1.54) is 22.5 Å². The number of aromatic carboxylic acids is 1. The molecule has 9 heteroatoms. The van der Waals surface area contributed by atoms with Crippen LogP contribution in [0, 0.1) is 12.8 Å². The molecule has 2 fully saturated rings. The van der Waals surface area contributed by atoms with Gasteiger partial charge in [-0.3, -0.25) is 4.31 Å². The van der Waals surface area contributed by atoms with Gasteiger partial charge in [0.25, 0.3) is 10.0 Å². The van der Waals surface area contributed by atoms with Gasteiger partial charge in [0, 0.05) is 24.2 Å². The van der Waals surface area contributed by atoms with Crippen molar-refractivity contribution < 1.29 is 27.8 Å². The van der Waals surface area contributed by atoms with Crippen molar-refractivity contribution in [1.29, 1.82) is 0 Å². The normalized spacial score (nSPS) is 17.4. The number of anilines is 1. The Labute approximate surface area is 211 Å². The van der Waals surface area contributed by atoms with Gasteiger partial charge >= 0.3 is 5.97 Å². The van der Waals surface area contributed by atoms with Crippen molar-refractivity contribution in [2.24, 2.45) is 5.92 Å². The molecule has 7 nitrogen and oxygen atoms in total. The van der Waals surface area contributed by atoms with E-state index in [1.54, 1.807) is 11.8 Å². The zero-order valence-corrected chi connectivity index (χ0v) is 21.9. The van der Waals surface area contributed by atoms with Crippen molar-refractivity contribution in [3.05, 3.63) is 47.5 Å². The molecule has 0 atom stereocenters. The quantitative estimate of drug-likeness (QED) is 0.446. The molecule has 0 aromatic heterocycles. The van der Waals surface area contributed by atoms with Crippen LogP contribution in [-0.4, -0.2) is 51.6 Å². The number of nitrogens with zero attached hydrogens (tertiary/aromatic N) is 1. The molecule has 1 saturated carbocycles. The molecule has 0 unspecified atom stereocenters. The highest BCUT2D eigenvalue weighted by molar-refractivity contribution is 7.98. The zero-order chi connectivity index (χ0) is 25.0. The first-order valence-electron chi connectivity index (χ1n) is 12.1. The van der Waals surface area contributed by atoms with E-state index < -0.39 is 16.0 Å². The second kappa shape index (κ2) is 11.2. The Hall–Kier alpha value is -2.23. The minimum absolute atomic E-state index is 0.0337. The molecule has 1 N–H and O–H groups in total. The molecule has 190 valence electrons. The third-order valence-electron chi connectivity index (χ3n) is 6.85. The van der Waals surface area contributed by atoms with Crippen LogP contribution < -0.4 is 9.04 Å². The summed E-state index contributed by atoms with van der Waals surface area (Å²) in [6.07, 6.45) is 7.21. The highest BCUT2D eigenvalue weighted by Crippen LogP contribution is 2.37. The number of aryl methyl sites for hydroxylation is 1. The van der Waals surface area contributed by atoms with Crippen molar-refractivity contribution in [3.63, 3.8) is 0 Å². The molecule has 2 aromatic rings. The highest BCUT2D eigenvalue weighted by Gasteiger charge is 2.35. The first kappa shape index (κ1) is 25.9. The van der Waals surface area contributed by atoms with Crippen molar-refractivity contribution in [2.75, 3.05) is 30.4 Å². The fourth-order valence-electron chi connectivity index (χ4n) is 4.86. The number of thioether (sulfide) groups is 1. The van der Waals surface area contributed by atoms with E-state index in [9.17, 15) is 18.3 Å². The average molecular weight is 520 g/mol. The molecule has 0 bridgehead atoms. The molecule has 35 heavy (non-hydrogen) atoms. The van der Waals surface area contributed by atoms with Crippen molar-refractivity contribution in [2.45, 2.75) is 61.3 Å². The van der Waals surface area contributed by atoms with Crippen LogP contribution in [0.2, 0.25) is 0 Å². The van der Waals surface area contributed by atoms with Crippen LogP contribution in [0.5, 0.6) is 5.75 Å². The summed E-state index contributed by atoms with van der Waals surface area (Å²) in [4.78, 5) is 13.1. The second-order valence-corrected chi connectivity index (χ2v) is 11.9. The van der Waals surface area contributed by atoms with Gasteiger partial charge in [0.1, 0.15) is 11.3 Å². The van der Waals surface area contributed by atoms with Crippen LogP contribution in [0.1, 0.15) is 54.4 Å². The molecule has 0 spiro atoms. The van der Waals surface area contributed by atoms with Crippen LogP contribution in [0.15, 0.2) is 46.2 Å². The van der Waals surface area contributed by atoms with Crippen LogP contribution in [-0.2, 0) is 14.8 Å². The standard InChI is InChI=1S/C26H33NO6S2/c1-18-15-21(34-2)7-9-24(18)27(20-5-3-4-6-20)35(30,31)22-8-10-25(23(16-22)26(28)29)33-17-19-11-13-32-14-12-19/h7-10,15-16,19-20H,3-6,11-14,17H2,1-2H3,(H,28,29). The molecule has 1 heterocycles. The zero-order valence-electron chi connectivity index (χ0n) is 20.2. The lowest BCUT2D eigenvalue weighted by atomic mass is 10.0. The SMILES string of the molecule is CSc1ccc(N(C2CCCC2)S(=O)(=O)c2ccc(OCC3CCOCC3)c(C(=O)O)c2)c(C)c1. The summed E-state index contributed by atoms with van der Waals surface area (Å²) in [7, 11) is -4.00. The molecular weight excluding hydrogens is 486 g/mol. The number of carboxylic acids is 1. The van der Waals surface area contributed by atoms with Gasteiger partial charge in [0.2, 0.25) is 0 Å². The number of ether oxygens (including phenoxy) is 2. The van der Waals surface area contributed by atoms with E-state index in [1.807, 2.05) is 31.4 Å². The summed E-state index contributed by atoms with van der Waals surface area (Å²) in [6.45, 7) is 3.64. The largest absolute Gasteiger partial charge is 0.492 e. The van der Waals surface area contributed by atoms with E-state index >= 15 is 0 Å². The first-order chi connectivity index (χ1) is 16.8. The molecule has 2 aliphatic rings. The predicted octanol–water partition coefficient (Wildman–Crippen LogP) is 5.36. The molecule has 1 aliphatic carbocycles. The summed E-state index contributed by atoms with van der Waals surface area (Å²) in [5.41, 5.74) is 1.38. The van der Waals surface area contributed by atoms with E-state index in [4.69, 9.17) is 9.47 Å². The molecule has 1 saturated heterocycles. The fourth-order valence-corrected chi connectivity index (χ4v) is 7.16. The summed E-state index contributed by atoms with van der Waals surface area (Å²) >= 11 is 1.61. The molecule has 4 rings (SSSR count). The van der Waals surface area contributed by atoms with E-state index in [2.05, 4.69) is 0 Å². The first-order valence-corrected chi connectivity index (χ1v) is 14.7. The maximum absolute atomic E-state index is 14.0. The van der Waals surface area contributed by atoms with Gasteiger partial charge in [-0.1, -0.05) is 12.8 Å². The van der Waals surface area contributed by atoms with Gasteiger partial charge in [-0.2, -0.15) is 0 Å². The molecular formula is C26H33NO6S2. The van der Waals surface area contributed by atoms with Crippen molar-refractivity contribution >= 4 is 33.4 Å². The Morgan fingerprint density at radius 1 is 1.11 bits per heavy atom. The number of hydrogen-bond donors (Lipinski definition) is 1. The lowest BCUT2D eigenvalue weighted by Crippen LogP contribution is -2.39. The Balaban J connectivity index is 1.68. The minimum Gasteiger partial charge on any atom is -0.492 e. The van der Waals surface area contributed by atoms with Crippen LogP contribution in [0.4, 0.5) is 5.69 Å². The fraction of sp³-hybridized carbons (Fsp3) is 0.500. The topological polar surface area (TPSA) is 93.1 Å². The lowest BCUT2D eigenvalue weighted by molar-refractivity contribution is 0.0490. The number of rotatable bonds is 9. The van der Waals surface area contributed by atoms with E-state index in [-0.39, 0.29) is 22.3 Å². The minimum atomic E-state index is -4.00. The summed E-state index contributed by atoms with van der Waals surface area (Å²) in [5.74, 6) is -0.730. The predicted molar refractivity (Wildman–Crippen MR) is 137 cm³/mol. The number of sulfonamides is 1. The molecule has 2 aromatic carbocycles. The molecule has 1 aliphatic heterocycles. The smallest absolute Gasteiger partial charge is 0.339 e. The second-order valence-electron chi connectivity index (χ2n) is 9.22. The molecule has 0 radical (unpaired) electrons. The lowest BCUT2D eigenvalue weighted by Gasteiger charge is -2.32. The maximum atomic E-state index is 14.0. The number of carbonyl (C=O) groups is 1. The Bertz CT molecular complexity index is 1150. The van der Waals surface area contributed by atoms with Gasteiger partial charge in [-0.25, -0.2) is 13.2 Å². The van der Waals surface area contributed by atoms with Crippen molar-refractivity contribution in [3.8, 4) is 5.75 Å². The van der Waals surface area contributed by atoms with Gasteiger partial charge in [-0.15, -0.1) is 11.8 Å². The monoisotopic (exact) mass is 519 g/mol. The van der Waals surface area contributed by atoms with Gasteiger partial charge in [0.05, 0.1) is 17.2 Å². The maximum Gasteiger partial charge on any atom is 0.339 e. The summed E-state index contributed by atoms with van der Waals surface area (Å²) in [6, 6.07) is 9.82. The Kier molecular flexibility index (Phi) is 8.29. The number of hydrogen-bond acceptors (Lipinski definition) is 6. The number of carboxylic acid groups (broad SMARTS) is 1. The van der Waals surface area contributed by atoms with Crippen LogP contribution in [0.3, 0.4) is 0 Å². The van der Waals surface area contributed by atoms with Crippen LogP contribution >= 0.6 is 11.8 Å². The van der Waals surface area contributed by atoms with E-state index in [0.29, 0.717) is 31.4 Å². The van der Waals surface area contributed by atoms with Crippen LogP contribution in [0.25, 0.3) is 0 Å². The third-order valence-corrected chi connectivity index (χ3v) is 9.44. The van der Waals surface area contributed by atoms with Gasteiger partial charge < -0.3 is 14.6 Å². The van der Waals surface area contributed by atoms with Gasteiger partial charge in [-0.05, 0) is 86.7 Å². The van der Waals surface area contributed by atoms with E-state index in [0.717, 1.165) is 49.0 Å². The third kappa shape index (κ3) is 5.78. The average Bonchev–Trinajstić information content (AvgIpc) is 3.38. The highest BCUT2D eigenvalue weighted by atomic mass is 32.2. The Morgan fingerprint density at radius 2 is 1.83 bits per heavy atom. The van der Waals surface area contributed by atoms with Gasteiger partial charge in [0.15, 0.2) is 0 Å². The number of benzene rings is 2. The molecule has 0 amide bonds. The Morgan fingerprint density at radius 3 is 2.46 bits per heavy atom. The van der Waals surface area contributed by atoms with Crippen molar-refractivity contribution in [1.82, 2.24) is 0 Å². The summed E-state index contributed by atoms with van der Waals surface area (Å²) in [5, 5.41) is 9.85.